The van der Waals surface area contributed by atoms with E-state index >= 15 is 0 Å². The molecule has 3 rings (SSSR count). The number of carbonyl (C=O) groups excluding carboxylic acids is 2. The first-order chi connectivity index (χ1) is 13.5. The zero-order valence-corrected chi connectivity index (χ0v) is 15.6. The predicted molar refractivity (Wildman–Crippen MR) is 100 cm³/mol. The normalized spacial score (nSPS) is 16.6. The highest BCUT2D eigenvalue weighted by Crippen LogP contribution is 2.28. The number of methoxy groups -OCH3 is 2. The van der Waals surface area contributed by atoms with Crippen LogP contribution < -0.4 is 19.7 Å². The average Bonchev–Trinajstić information content (AvgIpc) is 2.73. The molecule has 28 heavy (non-hydrogen) atoms. The fourth-order valence-electron chi connectivity index (χ4n) is 2.99. The summed E-state index contributed by atoms with van der Waals surface area (Å²) in [5.74, 6) is -0.184. The van der Waals surface area contributed by atoms with Crippen molar-refractivity contribution in [2.45, 2.75) is 6.10 Å². The standard InChI is InChI=1S/C20H21FN2O5/c1-26-16-4-3-5-17(27-2)19(16)20(25)22-10-15-11-23(18(24)12-28-15)14-8-6-13(21)7-9-14/h3-9,15H,10-12H2,1-2H3,(H,22,25). The number of halogens is 1. The van der Waals surface area contributed by atoms with Crippen molar-refractivity contribution in [3.05, 3.63) is 53.8 Å². The summed E-state index contributed by atoms with van der Waals surface area (Å²) in [5.41, 5.74) is 0.868. The molecule has 1 fully saturated rings. The predicted octanol–water partition coefficient (Wildman–Crippen LogP) is 2.00. The molecule has 2 aromatic rings. The maximum absolute atomic E-state index is 13.1. The van der Waals surface area contributed by atoms with E-state index in [1.807, 2.05) is 0 Å². The van der Waals surface area contributed by atoms with E-state index in [9.17, 15) is 14.0 Å². The van der Waals surface area contributed by atoms with Gasteiger partial charge in [-0.15, -0.1) is 0 Å². The van der Waals surface area contributed by atoms with Crippen LogP contribution in [-0.2, 0) is 9.53 Å². The Bertz CT molecular complexity index is 834. The molecule has 1 unspecified atom stereocenters. The van der Waals surface area contributed by atoms with E-state index in [1.54, 1.807) is 18.2 Å². The van der Waals surface area contributed by atoms with Crippen LogP contribution in [0, 0.1) is 5.82 Å². The number of anilines is 1. The number of benzene rings is 2. The van der Waals surface area contributed by atoms with Crippen molar-refractivity contribution >= 4 is 17.5 Å². The maximum atomic E-state index is 13.1. The SMILES string of the molecule is COc1cccc(OC)c1C(=O)NCC1CN(c2ccc(F)cc2)C(=O)CO1. The monoisotopic (exact) mass is 388 g/mol. The van der Waals surface area contributed by atoms with Gasteiger partial charge in [-0.1, -0.05) is 6.07 Å². The summed E-state index contributed by atoms with van der Waals surface area (Å²) in [6, 6.07) is 10.7. The molecule has 8 heteroatoms. The summed E-state index contributed by atoms with van der Waals surface area (Å²) in [6.45, 7) is 0.314. The number of nitrogens with zero attached hydrogens (tertiary/aromatic N) is 1. The number of hydrogen-bond acceptors (Lipinski definition) is 5. The molecule has 148 valence electrons. The molecule has 1 atom stereocenters. The van der Waals surface area contributed by atoms with Gasteiger partial charge < -0.3 is 24.4 Å². The molecule has 0 aliphatic carbocycles. The topological polar surface area (TPSA) is 77.1 Å². The van der Waals surface area contributed by atoms with Crippen molar-refractivity contribution in [2.24, 2.45) is 0 Å². The van der Waals surface area contributed by atoms with Crippen molar-refractivity contribution in [2.75, 3.05) is 38.8 Å². The zero-order valence-electron chi connectivity index (χ0n) is 15.6. The minimum atomic E-state index is -0.410. The van der Waals surface area contributed by atoms with E-state index in [2.05, 4.69) is 5.32 Å². The second-order valence-corrected chi connectivity index (χ2v) is 6.16. The Morgan fingerprint density at radius 2 is 1.82 bits per heavy atom. The lowest BCUT2D eigenvalue weighted by atomic mass is 10.1. The highest BCUT2D eigenvalue weighted by molar-refractivity contribution is 6.00. The minimum Gasteiger partial charge on any atom is -0.496 e. The molecular weight excluding hydrogens is 367 g/mol. The summed E-state index contributed by atoms with van der Waals surface area (Å²) >= 11 is 0. The van der Waals surface area contributed by atoms with Gasteiger partial charge >= 0.3 is 0 Å². The molecule has 0 bridgehead atoms. The molecule has 0 spiro atoms. The first kappa shape index (κ1) is 19.6. The minimum absolute atomic E-state index is 0.115. The number of rotatable bonds is 6. The van der Waals surface area contributed by atoms with Gasteiger partial charge in [-0.25, -0.2) is 4.39 Å². The van der Waals surface area contributed by atoms with E-state index in [4.69, 9.17) is 14.2 Å². The van der Waals surface area contributed by atoms with Crippen LogP contribution in [0.3, 0.4) is 0 Å². The number of ether oxygens (including phenoxy) is 3. The highest BCUT2D eigenvalue weighted by atomic mass is 19.1. The Labute approximate surface area is 162 Å². The highest BCUT2D eigenvalue weighted by Gasteiger charge is 2.28. The average molecular weight is 388 g/mol. The first-order valence-electron chi connectivity index (χ1n) is 8.70. The first-order valence-corrected chi connectivity index (χ1v) is 8.70. The van der Waals surface area contributed by atoms with Gasteiger partial charge in [0.1, 0.15) is 29.5 Å². The van der Waals surface area contributed by atoms with E-state index in [0.717, 1.165) is 0 Å². The van der Waals surface area contributed by atoms with E-state index in [1.165, 1.54) is 43.4 Å². The van der Waals surface area contributed by atoms with E-state index in [0.29, 0.717) is 17.2 Å². The Morgan fingerprint density at radius 1 is 1.18 bits per heavy atom. The lowest BCUT2D eigenvalue weighted by Gasteiger charge is -2.33. The van der Waals surface area contributed by atoms with Crippen LogP contribution >= 0.6 is 0 Å². The Hall–Kier alpha value is -3.13. The smallest absolute Gasteiger partial charge is 0.258 e. The summed E-state index contributed by atoms with van der Waals surface area (Å²) in [5, 5.41) is 2.79. The van der Waals surface area contributed by atoms with Crippen LogP contribution in [0.25, 0.3) is 0 Å². The molecule has 1 aliphatic heterocycles. The van der Waals surface area contributed by atoms with Crippen LogP contribution in [0.1, 0.15) is 10.4 Å². The van der Waals surface area contributed by atoms with Gasteiger partial charge in [-0.2, -0.15) is 0 Å². The van der Waals surface area contributed by atoms with Gasteiger partial charge in [0, 0.05) is 12.2 Å². The van der Waals surface area contributed by atoms with Crippen LogP contribution in [0.2, 0.25) is 0 Å². The zero-order chi connectivity index (χ0) is 20.1. The molecule has 1 saturated heterocycles. The number of hydrogen-bond donors (Lipinski definition) is 1. The van der Waals surface area contributed by atoms with Gasteiger partial charge in [0.15, 0.2) is 0 Å². The van der Waals surface area contributed by atoms with Gasteiger partial charge in [-0.3, -0.25) is 9.59 Å². The molecule has 1 N–H and O–H groups in total. The van der Waals surface area contributed by atoms with Gasteiger partial charge in [-0.05, 0) is 36.4 Å². The van der Waals surface area contributed by atoms with Gasteiger partial charge in [0.05, 0.1) is 26.9 Å². The van der Waals surface area contributed by atoms with Gasteiger partial charge in [0.2, 0.25) is 0 Å². The molecule has 0 aromatic heterocycles. The van der Waals surface area contributed by atoms with Crippen molar-refractivity contribution in [3.63, 3.8) is 0 Å². The maximum Gasteiger partial charge on any atom is 0.258 e. The van der Waals surface area contributed by atoms with Crippen molar-refractivity contribution in [3.8, 4) is 11.5 Å². The summed E-state index contributed by atoms with van der Waals surface area (Å²) in [7, 11) is 2.95. The molecule has 2 aromatic carbocycles. The fourth-order valence-corrected chi connectivity index (χ4v) is 2.99. The molecule has 0 radical (unpaired) electrons. The van der Waals surface area contributed by atoms with E-state index in [-0.39, 0.29) is 42.9 Å². The Morgan fingerprint density at radius 3 is 2.43 bits per heavy atom. The lowest BCUT2D eigenvalue weighted by Crippen LogP contribution is -2.50. The largest absolute Gasteiger partial charge is 0.496 e. The van der Waals surface area contributed by atoms with Crippen LogP contribution in [0.5, 0.6) is 11.5 Å². The van der Waals surface area contributed by atoms with Crippen molar-refractivity contribution in [1.29, 1.82) is 0 Å². The van der Waals surface area contributed by atoms with Crippen LogP contribution in [0.15, 0.2) is 42.5 Å². The number of nitrogens with one attached hydrogen (secondary N) is 1. The van der Waals surface area contributed by atoms with Gasteiger partial charge in [0.25, 0.3) is 11.8 Å². The second-order valence-electron chi connectivity index (χ2n) is 6.16. The third-order valence-electron chi connectivity index (χ3n) is 4.41. The van der Waals surface area contributed by atoms with Crippen LogP contribution in [-0.4, -0.2) is 51.8 Å². The van der Waals surface area contributed by atoms with Crippen LogP contribution in [0.4, 0.5) is 10.1 Å². The Kier molecular flexibility index (Phi) is 6.10. The third kappa shape index (κ3) is 4.23. The quantitative estimate of drug-likeness (QED) is 0.819. The fraction of sp³-hybridized carbons (Fsp3) is 0.300. The molecule has 7 nitrogen and oxygen atoms in total. The summed E-state index contributed by atoms with van der Waals surface area (Å²) in [4.78, 5) is 26.3. The number of carbonyl (C=O) groups is 2. The van der Waals surface area contributed by atoms with E-state index < -0.39 is 6.10 Å². The molecule has 0 saturated carbocycles. The van der Waals surface area contributed by atoms with Crippen molar-refractivity contribution in [1.82, 2.24) is 5.32 Å². The molecule has 1 heterocycles. The number of amides is 2. The molecular formula is C20H21FN2O5. The number of morpholine rings is 1. The summed E-state index contributed by atoms with van der Waals surface area (Å²) < 4.78 is 29.1. The van der Waals surface area contributed by atoms with Crippen molar-refractivity contribution < 1.29 is 28.2 Å². The summed E-state index contributed by atoms with van der Waals surface area (Å²) in [6.07, 6.45) is -0.410. The third-order valence-corrected chi connectivity index (χ3v) is 4.41. The Balaban J connectivity index is 1.67. The molecule has 1 aliphatic rings. The second kappa shape index (κ2) is 8.71. The lowest BCUT2D eigenvalue weighted by molar-refractivity contribution is -0.129. The molecule has 2 amide bonds.